The minimum Gasteiger partial charge on any atom is -0.336 e. The van der Waals surface area contributed by atoms with Gasteiger partial charge in [0.15, 0.2) is 11.5 Å². The molecule has 1 saturated carbocycles. The van der Waals surface area contributed by atoms with Gasteiger partial charge in [-0.25, -0.2) is 9.97 Å². The van der Waals surface area contributed by atoms with E-state index < -0.39 is 0 Å². The molecule has 0 aliphatic heterocycles. The standard InChI is InChI=1S/C26H20N8OS/c35-26(14-2-1-3-14)30-18-8-16(10-27-12-18)17-9-19-22(33-34-24(19)29-11-17)25-31-20-4-6-28-21(23(20)32-25)15-5-7-36-13-15/h4-14H,1-3H2,(H,30,35)(H,31,32)(H,29,33,34). The molecule has 0 aromatic carbocycles. The first-order valence-electron chi connectivity index (χ1n) is 11.7. The molecule has 1 aliphatic rings. The predicted octanol–water partition coefficient (Wildman–Crippen LogP) is 5.43. The number of hydrogen-bond acceptors (Lipinski definition) is 7. The number of thiophene rings is 1. The highest BCUT2D eigenvalue weighted by Gasteiger charge is 2.25. The Labute approximate surface area is 209 Å². The fraction of sp³-hybridized carbons (Fsp3) is 0.154. The Bertz CT molecular complexity index is 1730. The molecule has 10 heteroatoms. The van der Waals surface area contributed by atoms with Crippen LogP contribution in [0.15, 0.2) is 59.8 Å². The third-order valence-corrected chi connectivity index (χ3v) is 7.33. The first kappa shape index (κ1) is 20.9. The van der Waals surface area contributed by atoms with Crippen LogP contribution in [-0.2, 0) is 4.79 Å². The van der Waals surface area contributed by atoms with Crippen molar-refractivity contribution >= 4 is 45.0 Å². The molecular formula is C26H20N8OS. The maximum atomic E-state index is 12.4. The molecule has 176 valence electrons. The van der Waals surface area contributed by atoms with Crippen LogP contribution in [0.4, 0.5) is 5.69 Å². The molecule has 1 aliphatic carbocycles. The van der Waals surface area contributed by atoms with Crippen molar-refractivity contribution in [3.05, 3.63) is 59.8 Å². The van der Waals surface area contributed by atoms with Gasteiger partial charge in [-0.05, 0) is 42.5 Å². The van der Waals surface area contributed by atoms with Gasteiger partial charge in [-0.1, -0.05) is 6.42 Å². The molecule has 0 unspecified atom stereocenters. The van der Waals surface area contributed by atoms with Crippen LogP contribution in [-0.4, -0.2) is 41.0 Å². The number of anilines is 1. The van der Waals surface area contributed by atoms with Crippen LogP contribution in [0.5, 0.6) is 0 Å². The minimum absolute atomic E-state index is 0.0621. The number of rotatable bonds is 5. The maximum absolute atomic E-state index is 12.4. The predicted molar refractivity (Wildman–Crippen MR) is 139 cm³/mol. The van der Waals surface area contributed by atoms with Crippen molar-refractivity contribution in [2.75, 3.05) is 5.32 Å². The molecule has 0 spiro atoms. The fourth-order valence-corrected chi connectivity index (χ4v) is 5.12. The summed E-state index contributed by atoms with van der Waals surface area (Å²) in [6.07, 6.45) is 10.0. The van der Waals surface area contributed by atoms with E-state index in [2.05, 4.69) is 40.8 Å². The lowest BCUT2D eigenvalue weighted by Crippen LogP contribution is -2.28. The van der Waals surface area contributed by atoms with Crippen LogP contribution in [0.2, 0.25) is 0 Å². The number of hydrogen-bond donors (Lipinski definition) is 3. The number of carbonyl (C=O) groups is 1. The number of carbonyl (C=O) groups excluding carboxylic acids is 1. The van der Waals surface area contributed by atoms with Crippen LogP contribution < -0.4 is 5.32 Å². The summed E-state index contributed by atoms with van der Waals surface area (Å²) in [5.74, 6) is 0.811. The zero-order chi connectivity index (χ0) is 24.1. The topological polar surface area (TPSA) is 125 Å². The van der Waals surface area contributed by atoms with Crippen LogP contribution in [0.3, 0.4) is 0 Å². The van der Waals surface area contributed by atoms with Crippen LogP contribution in [0.25, 0.3) is 56.0 Å². The van der Waals surface area contributed by atoms with E-state index in [-0.39, 0.29) is 11.8 Å². The molecule has 9 nitrogen and oxygen atoms in total. The van der Waals surface area contributed by atoms with E-state index in [4.69, 9.17) is 4.98 Å². The molecule has 1 fully saturated rings. The van der Waals surface area contributed by atoms with E-state index in [1.165, 1.54) is 0 Å². The summed E-state index contributed by atoms with van der Waals surface area (Å²) in [5.41, 5.74) is 7.30. The molecule has 7 rings (SSSR count). The lowest BCUT2D eigenvalue weighted by molar-refractivity contribution is -0.122. The third kappa shape index (κ3) is 3.54. The van der Waals surface area contributed by atoms with Crippen molar-refractivity contribution in [1.82, 2.24) is 35.1 Å². The van der Waals surface area contributed by atoms with E-state index in [1.807, 2.05) is 29.6 Å². The Morgan fingerprint density at radius 2 is 1.94 bits per heavy atom. The number of amides is 1. The van der Waals surface area contributed by atoms with Crippen molar-refractivity contribution in [3.63, 3.8) is 0 Å². The van der Waals surface area contributed by atoms with Gasteiger partial charge < -0.3 is 10.3 Å². The molecule has 0 saturated heterocycles. The zero-order valence-electron chi connectivity index (χ0n) is 19.0. The summed E-state index contributed by atoms with van der Waals surface area (Å²) in [4.78, 5) is 34.1. The molecule has 3 N–H and O–H groups in total. The maximum Gasteiger partial charge on any atom is 0.227 e. The van der Waals surface area contributed by atoms with Crippen molar-refractivity contribution < 1.29 is 4.79 Å². The second kappa shape index (κ2) is 8.35. The Kier molecular flexibility index (Phi) is 4.84. The molecule has 0 bridgehead atoms. The molecule has 0 radical (unpaired) electrons. The first-order chi connectivity index (χ1) is 17.7. The first-order valence-corrected chi connectivity index (χ1v) is 12.7. The molecule has 6 aromatic heterocycles. The van der Waals surface area contributed by atoms with E-state index in [9.17, 15) is 4.79 Å². The lowest BCUT2D eigenvalue weighted by atomic mass is 9.85. The van der Waals surface area contributed by atoms with Crippen molar-refractivity contribution in [1.29, 1.82) is 0 Å². The number of imidazole rings is 1. The smallest absolute Gasteiger partial charge is 0.227 e. The Hall–Kier alpha value is -4.44. The van der Waals surface area contributed by atoms with E-state index in [0.717, 1.165) is 58.1 Å². The van der Waals surface area contributed by atoms with Crippen molar-refractivity contribution in [3.8, 4) is 33.9 Å². The molecule has 0 atom stereocenters. The highest BCUT2D eigenvalue weighted by Crippen LogP contribution is 2.33. The average Bonchev–Trinajstić information content (AvgIpc) is 3.61. The Morgan fingerprint density at radius 1 is 1.03 bits per heavy atom. The van der Waals surface area contributed by atoms with Gasteiger partial charge in [-0.15, -0.1) is 0 Å². The SMILES string of the molecule is O=C(Nc1cncc(-c2cnc3[nH]nc(-c4nc5c(-c6ccsc6)nccc5[nH]4)c3c2)c1)C1CCC1. The molecule has 6 aromatic rings. The van der Waals surface area contributed by atoms with Gasteiger partial charge in [-0.2, -0.15) is 16.4 Å². The van der Waals surface area contributed by atoms with Gasteiger partial charge >= 0.3 is 0 Å². The molecular weight excluding hydrogens is 472 g/mol. The zero-order valence-corrected chi connectivity index (χ0v) is 19.8. The van der Waals surface area contributed by atoms with Crippen molar-refractivity contribution in [2.24, 2.45) is 5.92 Å². The molecule has 1 amide bonds. The number of fused-ring (bicyclic) bond motifs is 2. The molecule has 6 heterocycles. The second-order valence-electron chi connectivity index (χ2n) is 8.92. The number of pyridine rings is 3. The van der Waals surface area contributed by atoms with Gasteiger partial charge in [0, 0.05) is 46.6 Å². The monoisotopic (exact) mass is 492 g/mol. The van der Waals surface area contributed by atoms with Gasteiger partial charge in [0.05, 0.1) is 28.5 Å². The minimum atomic E-state index is 0.0621. The van der Waals surface area contributed by atoms with Crippen LogP contribution in [0.1, 0.15) is 19.3 Å². The summed E-state index contributed by atoms with van der Waals surface area (Å²) >= 11 is 1.63. The number of aromatic amines is 2. The Balaban J connectivity index is 1.26. The fourth-order valence-electron chi connectivity index (χ4n) is 4.48. The largest absolute Gasteiger partial charge is 0.336 e. The number of nitrogens with one attached hydrogen (secondary N) is 3. The lowest BCUT2D eigenvalue weighted by Gasteiger charge is -2.24. The van der Waals surface area contributed by atoms with Gasteiger partial charge in [0.1, 0.15) is 11.2 Å². The van der Waals surface area contributed by atoms with E-state index in [0.29, 0.717) is 22.9 Å². The van der Waals surface area contributed by atoms with Gasteiger partial charge in [0.25, 0.3) is 0 Å². The summed E-state index contributed by atoms with van der Waals surface area (Å²) in [6.45, 7) is 0. The second-order valence-corrected chi connectivity index (χ2v) is 9.70. The number of H-pyrrole nitrogens is 2. The Morgan fingerprint density at radius 3 is 2.78 bits per heavy atom. The van der Waals surface area contributed by atoms with Gasteiger partial charge in [0.2, 0.25) is 5.91 Å². The average molecular weight is 493 g/mol. The third-order valence-electron chi connectivity index (χ3n) is 6.65. The van der Waals surface area contributed by atoms with E-state index >= 15 is 0 Å². The van der Waals surface area contributed by atoms with Crippen molar-refractivity contribution in [2.45, 2.75) is 19.3 Å². The molecule has 36 heavy (non-hydrogen) atoms. The van der Waals surface area contributed by atoms with E-state index in [1.54, 1.807) is 36.1 Å². The normalized spacial score (nSPS) is 13.8. The summed E-state index contributed by atoms with van der Waals surface area (Å²) in [7, 11) is 0. The summed E-state index contributed by atoms with van der Waals surface area (Å²) in [5, 5.41) is 15.4. The van der Waals surface area contributed by atoms with Crippen LogP contribution >= 0.6 is 11.3 Å². The number of nitrogens with zero attached hydrogens (tertiary/aromatic N) is 5. The highest BCUT2D eigenvalue weighted by molar-refractivity contribution is 7.08. The summed E-state index contributed by atoms with van der Waals surface area (Å²) in [6, 6.07) is 7.89. The van der Waals surface area contributed by atoms with Crippen LogP contribution in [0, 0.1) is 5.92 Å². The van der Waals surface area contributed by atoms with Gasteiger partial charge in [-0.3, -0.25) is 19.9 Å². The number of aromatic nitrogens is 7. The quantitative estimate of drug-likeness (QED) is 0.295. The highest BCUT2D eigenvalue weighted by atomic mass is 32.1. The summed E-state index contributed by atoms with van der Waals surface area (Å²) < 4.78 is 0.